The van der Waals surface area contributed by atoms with Crippen molar-refractivity contribution in [2.45, 2.75) is 12.8 Å². The van der Waals surface area contributed by atoms with Crippen molar-refractivity contribution in [2.75, 3.05) is 31.6 Å². The minimum Gasteiger partial charge on any atom is -0.493 e. The van der Waals surface area contributed by atoms with Gasteiger partial charge in [-0.25, -0.2) is 0 Å². The summed E-state index contributed by atoms with van der Waals surface area (Å²) in [5, 5.41) is 6.79. The van der Waals surface area contributed by atoms with Crippen molar-refractivity contribution < 1.29 is 4.74 Å². The lowest BCUT2D eigenvalue weighted by molar-refractivity contribution is 0.288. The van der Waals surface area contributed by atoms with E-state index in [4.69, 9.17) is 4.74 Å². The summed E-state index contributed by atoms with van der Waals surface area (Å²) < 4.78 is 5.60. The molecule has 86 valence electrons. The van der Waals surface area contributed by atoms with E-state index in [0.717, 1.165) is 50.8 Å². The number of hydrogen-bond donors (Lipinski definition) is 2. The second-order valence-corrected chi connectivity index (χ2v) is 4.68. The van der Waals surface area contributed by atoms with Crippen molar-refractivity contribution in [3.8, 4) is 5.75 Å². The molecule has 0 aliphatic carbocycles. The minimum absolute atomic E-state index is 0.798. The molecule has 0 unspecified atom stereocenters. The van der Waals surface area contributed by atoms with Crippen molar-refractivity contribution in [3.05, 3.63) is 23.8 Å². The molecule has 0 bridgehead atoms. The smallest absolute Gasteiger partial charge is 0.122 e. The number of hydrogen-bond acceptors (Lipinski definition) is 3. The lowest BCUT2D eigenvalue weighted by Crippen LogP contribution is -2.45. The Balaban J connectivity index is 1.65. The quantitative estimate of drug-likeness (QED) is 0.809. The van der Waals surface area contributed by atoms with Crippen LogP contribution in [0.2, 0.25) is 0 Å². The summed E-state index contributed by atoms with van der Waals surface area (Å²) in [6, 6.07) is 6.45. The van der Waals surface area contributed by atoms with Crippen LogP contribution in [0.15, 0.2) is 18.2 Å². The molecule has 3 nitrogen and oxygen atoms in total. The van der Waals surface area contributed by atoms with Gasteiger partial charge < -0.3 is 15.4 Å². The molecule has 0 radical (unpaired) electrons. The first kappa shape index (κ1) is 9.97. The molecule has 1 fully saturated rings. The van der Waals surface area contributed by atoms with E-state index in [9.17, 15) is 0 Å². The fourth-order valence-corrected chi connectivity index (χ4v) is 2.23. The number of ether oxygens (including phenoxy) is 1. The third-order valence-electron chi connectivity index (χ3n) is 3.37. The van der Waals surface area contributed by atoms with Gasteiger partial charge in [0.05, 0.1) is 6.61 Å². The maximum absolute atomic E-state index is 5.60. The number of fused-ring (bicyclic) bond motifs is 1. The van der Waals surface area contributed by atoms with Crippen molar-refractivity contribution in [3.63, 3.8) is 0 Å². The zero-order chi connectivity index (χ0) is 10.8. The molecule has 0 atom stereocenters. The lowest BCUT2D eigenvalue weighted by Gasteiger charge is -2.27. The fourth-order valence-electron chi connectivity index (χ4n) is 2.23. The van der Waals surface area contributed by atoms with Crippen LogP contribution < -0.4 is 15.4 Å². The number of benzene rings is 1. The van der Waals surface area contributed by atoms with Gasteiger partial charge in [0.2, 0.25) is 0 Å². The van der Waals surface area contributed by atoms with Gasteiger partial charge >= 0.3 is 0 Å². The first-order valence-corrected chi connectivity index (χ1v) is 6.12. The molecule has 2 heterocycles. The summed E-state index contributed by atoms with van der Waals surface area (Å²) in [6.07, 6.45) is 2.29. The number of rotatable bonds is 3. The molecule has 0 amide bonds. The van der Waals surface area contributed by atoms with Crippen molar-refractivity contribution in [2.24, 2.45) is 5.92 Å². The Labute approximate surface area is 96.2 Å². The molecule has 0 aromatic heterocycles. The Morgan fingerprint density at radius 1 is 1.38 bits per heavy atom. The summed E-state index contributed by atoms with van der Waals surface area (Å²) in [5.41, 5.74) is 2.58. The predicted octanol–water partition coefficient (Wildman–Crippen LogP) is 1.64. The van der Waals surface area contributed by atoms with Gasteiger partial charge in [0.25, 0.3) is 0 Å². The van der Waals surface area contributed by atoms with E-state index in [1.54, 1.807) is 0 Å². The third-order valence-corrected chi connectivity index (χ3v) is 3.37. The van der Waals surface area contributed by atoms with E-state index >= 15 is 0 Å². The Kier molecular flexibility index (Phi) is 2.70. The summed E-state index contributed by atoms with van der Waals surface area (Å²) in [5.74, 6) is 1.87. The van der Waals surface area contributed by atoms with Crippen LogP contribution in [-0.4, -0.2) is 26.2 Å². The van der Waals surface area contributed by atoms with E-state index in [-0.39, 0.29) is 0 Å². The molecule has 2 N–H and O–H groups in total. The summed E-state index contributed by atoms with van der Waals surface area (Å²) >= 11 is 0. The number of aryl methyl sites for hydroxylation is 1. The summed E-state index contributed by atoms with van der Waals surface area (Å²) in [6.45, 7) is 4.25. The molecule has 2 aliphatic heterocycles. The average molecular weight is 218 g/mol. The molecule has 1 aromatic rings. The fraction of sp³-hybridized carbons (Fsp3) is 0.538. The maximum atomic E-state index is 5.60. The van der Waals surface area contributed by atoms with Gasteiger partial charge in [-0.2, -0.15) is 0 Å². The normalized spacial score (nSPS) is 19.5. The number of nitrogens with one attached hydrogen (secondary N) is 2. The monoisotopic (exact) mass is 218 g/mol. The topological polar surface area (TPSA) is 33.3 Å². The molecule has 3 rings (SSSR count). The van der Waals surface area contributed by atoms with E-state index in [2.05, 4.69) is 28.8 Å². The largest absolute Gasteiger partial charge is 0.493 e. The van der Waals surface area contributed by atoms with E-state index < -0.39 is 0 Å². The summed E-state index contributed by atoms with van der Waals surface area (Å²) in [7, 11) is 0. The van der Waals surface area contributed by atoms with Gasteiger partial charge in [-0.15, -0.1) is 0 Å². The lowest BCUT2D eigenvalue weighted by atomic mass is 10.0. The van der Waals surface area contributed by atoms with Crippen LogP contribution in [0.1, 0.15) is 12.0 Å². The zero-order valence-electron chi connectivity index (χ0n) is 9.46. The molecule has 16 heavy (non-hydrogen) atoms. The van der Waals surface area contributed by atoms with E-state index in [1.807, 2.05) is 0 Å². The second-order valence-electron chi connectivity index (χ2n) is 4.68. The second kappa shape index (κ2) is 4.34. The van der Waals surface area contributed by atoms with Gasteiger partial charge in [-0.3, -0.25) is 0 Å². The average Bonchev–Trinajstić information content (AvgIpc) is 2.27. The molecule has 0 saturated carbocycles. The highest BCUT2D eigenvalue weighted by Gasteiger charge is 2.16. The minimum atomic E-state index is 0.798. The Morgan fingerprint density at radius 2 is 2.31 bits per heavy atom. The highest BCUT2D eigenvalue weighted by atomic mass is 16.5. The van der Waals surface area contributed by atoms with Gasteiger partial charge in [-0.1, -0.05) is 0 Å². The van der Waals surface area contributed by atoms with Crippen LogP contribution in [0.3, 0.4) is 0 Å². The van der Waals surface area contributed by atoms with Crippen molar-refractivity contribution in [1.29, 1.82) is 0 Å². The molecule has 1 saturated heterocycles. The van der Waals surface area contributed by atoms with Crippen LogP contribution in [-0.2, 0) is 6.42 Å². The number of anilines is 1. The van der Waals surface area contributed by atoms with Gasteiger partial charge in [0.15, 0.2) is 0 Å². The first-order valence-electron chi connectivity index (χ1n) is 6.12. The van der Waals surface area contributed by atoms with Crippen LogP contribution in [0.5, 0.6) is 5.75 Å². The van der Waals surface area contributed by atoms with E-state index in [1.165, 1.54) is 11.3 Å². The molecular weight excluding hydrogens is 200 g/mol. The third kappa shape index (κ3) is 2.00. The molecule has 0 spiro atoms. The van der Waals surface area contributed by atoms with Crippen LogP contribution in [0.25, 0.3) is 0 Å². The Morgan fingerprint density at radius 3 is 3.12 bits per heavy atom. The van der Waals surface area contributed by atoms with Gasteiger partial charge in [0.1, 0.15) is 5.75 Å². The predicted molar refractivity (Wildman–Crippen MR) is 65.1 cm³/mol. The Bertz CT molecular complexity index is 374. The summed E-state index contributed by atoms with van der Waals surface area (Å²) in [4.78, 5) is 0. The van der Waals surface area contributed by atoms with Crippen molar-refractivity contribution >= 4 is 5.69 Å². The standard InChI is InChI=1S/C13H18N2O/c1-2-11-6-12(3-4-13(11)16-5-1)15-9-10-7-14-8-10/h3-4,6,10,14-15H,1-2,5,7-9H2. The van der Waals surface area contributed by atoms with Crippen LogP contribution >= 0.6 is 0 Å². The molecule has 1 aromatic carbocycles. The van der Waals surface area contributed by atoms with Crippen molar-refractivity contribution in [1.82, 2.24) is 5.32 Å². The van der Waals surface area contributed by atoms with E-state index in [0.29, 0.717) is 0 Å². The van der Waals surface area contributed by atoms with Gasteiger partial charge in [-0.05, 0) is 36.6 Å². The highest BCUT2D eigenvalue weighted by Crippen LogP contribution is 2.27. The highest BCUT2D eigenvalue weighted by molar-refractivity contribution is 5.51. The zero-order valence-corrected chi connectivity index (χ0v) is 9.46. The van der Waals surface area contributed by atoms with Gasteiger partial charge in [0, 0.05) is 31.2 Å². The maximum Gasteiger partial charge on any atom is 0.122 e. The SMILES string of the molecule is c1cc2c(cc1NCC1CNC1)CCCO2. The first-order chi connectivity index (χ1) is 7.92. The Hall–Kier alpha value is -1.22. The van der Waals surface area contributed by atoms with Crippen LogP contribution in [0.4, 0.5) is 5.69 Å². The molecular formula is C13H18N2O. The molecule has 2 aliphatic rings. The molecule has 3 heteroatoms. The van der Waals surface area contributed by atoms with Crippen LogP contribution in [0, 0.1) is 5.92 Å².